The molecule has 1 atom stereocenters. The van der Waals surface area contributed by atoms with Gasteiger partial charge in [0.1, 0.15) is 5.82 Å². The van der Waals surface area contributed by atoms with Gasteiger partial charge < -0.3 is 16.2 Å². The highest BCUT2D eigenvalue weighted by atomic mass is 35.5. The fourth-order valence-corrected chi connectivity index (χ4v) is 6.74. The van der Waals surface area contributed by atoms with E-state index in [-0.39, 0.29) is 39.4 Å². The molecule has 0 saturated heterocycles. The van der Waals surface area contributed by atoms with Crippen LogP contribution in [0, 0.1) is 11.3 Å². The third kappa shape index (κ3) is 5.80. The van der Waals surface area contributed by atoms with E-state index in [1.165, 1.54) is 29.5 Å². The fourth-order valence-electron chi connectivity index (χ4n) is 4.74. The average molecular weight is 628 g/mol. The summed E-state index contributed by atoms with van der Waals surface area (Å²) < 4.78 is 0.466. The van der Waals surface area contributed by atoms with Crippen LogP contribution in [0.1, 0.15) is 41.1 Å². The number of carboxylic acids is 1. The van der Waals surface area contributed by atoms with Gasteiger partial charge >= 0.3 is 5.97 Å². The molecule has 0 bridgehead atoms. The van der Waals surface area contributed by atoms with Gasteiger partial charge in [-0.3, -0.25) is 14.5 Å². The van der Waals surface area contributed by atoms with Crippen LogP contribution in [0.3, 0.4) is 0 Å². The van der Waals surface area contributed by atoms with E-state index < -0.39 is 11.9 Å². The first-order valence-corrected chi connectivity index (χ1v) is 14.7. The number of nitriles is 1. The number of hydrogen-bond donors (Lipinski definition) is 3. The van der Waals surface area contributed by atoms with Gasteiger partial charge in [0, 0.05) is 28.4 Å². The van der Waals surface area contributed by atoms with Crippen molar-refractivity contribution < 1.29 is 19.5 Å². The number of hydrogen-bond acceptors (Lipinski definition) is 10. The molecule has 1 unspecified atom stereocenters. The van der Waals surface area contributed by atoms with E-state index in [2.05, 4.69) is 21.6 Å². The predicted octanol–water partition coefficient (Wildman–Crippen LogP) is 5.58. The summed E-state index contributed by atoms with van der Waals surface area (Å²) in [6.07, 6.45) is 1.56. The maximum Gasteiger partial charge on any atom is 0.337 e. The van der Waals surface area contributed by atoms with Gasteiger partial charge in [-0.15, -0.1) is 10.2 Å². The number of aromatic carboxylic acids is 1. The van der Waals surface area contributed by atoms with E-state index >= 15 is 0 Å². The third-order valence-electron chi connectivity index (χ3n) is 6.51. The number of ketones is 1. The van der Waals surface area contributed by atoms with Crippen LogP contribution in [0.15, 0.2) is 69.5 Å². The topological polar surface area (TPSA) is 162 Å². The van der Waals surface area contributed by atoms with Crippen LogP contribution in [0.25, 0.3) is 0 Å². The normalized spacial score (nSPS) is 16.9. The van der Waals surface area contributed by atoms with Gasteiger partial charge in [0.15, 0.2) is 10.1 Å². The van der Waals surface area contributed by atoms with Gasteiger partial charge in [0.05, 0.1) is 33.9 Å². The zero-order chi connectivity index (χ0) is 29.3. The fraction of sp³-hybridized carbons (Fsp3) is 0.185. The first kappa shape index (κ1) is 28.6. The highest BCUT2D eigenvalue weighted by Gasteiger charge is 2.41. The summed E-state index contributed by atoms with van der Waals surface area (Å²) in [6, 6.07) is 13.4. The molecule has 10 nitrogen and oxygen atoms in total. The average Bonchev–Trinajstić information content (AvgIpc) is 3.41. The van der Waals surface area contributed by atoms with E-state index in [4.69, 9.17) is 28.9 Å². The number of rotatable bonds is 7. The molecule has 0 spiro atoms. The second-order valence-corrected chi connectivity index (χ2v) is 12.1. The Balaban J connectivity index is 1.38. The molecule has 1 aromatic heterocycles. The van der Waals surface area contributed by atoms with Crippen LogP contribution in [-0.4, -0.2) is 38.7 Å². The molecule has 2 aliphatic rings. The Labute approximate surface area is 252 Å². The highest BCUT2D eigenvalue weighted by Crippen LogP contribution is 2.47. The number of nitrogens with two attached hydrogens (primary N) is 1. The minimum atomic E-state index is -1.20. The van der Waals surface area contributed by atoms with Crippen molar-refractivity contribution in [1.82, 2.24) is 10.2 Å². The third-order valence-corrected chi connectivity index (χ3v) is 9.13. The molecule has 3 aromatic rings. The predicted molar refractivity (Wildman–Crippen MR) is 157 cm³/mol. The zero-order valence-electron chi connectivity index (χ0n) is 21.1. The number of nitrogens with one attached hydrogen (secondary N) is 1. The number of amides is 1. The zero-order valence-corrected chi connectivity index (χ0v) is 24.2. The first-order chi connectivity index (χ1) is 19.7. The Hall–Kier alpha value is -3.89. The molecule has 2 heterocycles. The Bertz CT molecular complexity index is 1680. The summed E-state index contributed by atoms with van der Waals surface area (Å²) in [4.78, 5) is 38.7. The van der Waals surface area contributed by atoms with Crippen molar-refractivity contribution in [3.05, 3.63) is 86.3 Å². The Morgan fingerprint density at radius 1 is 1.20 bits per heavy atom. The molecule has 0 fully saturated rings. The molecular weight excluding hydrogens is 607 g/mol. The summed E-state index contributed by atoms with van der Waals surface area (Å²) in [5.74, 6) is -2.12. The number of nitrogens with zero attached hydrogens (tertiary/aromatic N) is 4. The molecule has 208 valence electrons. The van der Waals surface area contributed by atoms with Crippen molar-refractivity contribution in [1.29, 1.82) is 5.26 Å². The second kappa shape index (κ2) is 11.9. The molecular formula is C27H20Cl2N6O4S2. The van der Waals surface area contributed by atoms with Crippen molar-refractivity contribution in [2.45, 2.75) is 29.5 Å². The van der Waals surface area contributed by atoms with E-state index in [9.17, 15) is 24.8 Å². The first-order valence-electron chi connectivity index (χ1n) is 12.2. The molecule has 0 radical (unpaired) electrons. The molecule has 14 heteroatoms. The number of thioether (sulfide) groups is 1. The van der Waals surface area contributed by atoms with Crippen LogP contribution in [0.4, 0.5) is 10.8 Å². The smallest absolute Gasteiger partial charge is 0.337 e. The molecule has 2 aromatic carbocycles. The maximum absolute atomic E-state index is 13.2. The quantitative estimate of drug-likeness (QED) is 0.282. The second-order valence-electron chi connectivity index (χ2n) is 9.05. The lowest BCUT2D eigenvalue weighted by Gasteiger charge is -2.38. The number of benzene rings is 2. The van der Waals surface area contributed by atoms with Crippen LogP contribution < -0.4 is 16.0 Å². The Kier molecular flexibility index (Phi) is 8.32. The van der Waals surface area contributed by atoms with Gasteiger partial charge in [-0.1, -0.05) is 58.4 Å². The summed E-state index contributed by atoms with van der Waals surface area (Å²) in [6.45, 7) is 0. The largest absolute Gasteiger partial charge is 0.478 e. The van der Waals surface area contributed by atoms with Crippen molar-refractivity contribution in [3.8, 4) is 6.07 Å². The van der Waals surface area contributed by atoms with Gasteiger partial charge in [-0.2, -0.15) is 5.26 Å². The highest BCUT2D eigenvalue weighted by molar-refractivity contribution is 8.01. The number of halogens is 2. The molecule has 1 aliphatic carbocycles. The van der Waals surface area contributed by atoms with Crippen molar-refractivity contribution in [2.24, 2.45) is 5.73 Å². The minimum absolute atomic E-state index is 0.0283. The van der Waals surface area contributed by atoms with Crippen LogP contribution in [-0.2, 0) is 9.59 Å². The summed E-state index contributed by atoms with van der Waals surface area (Å²) in [5, 5.41) is 31.4. The number of aromatic nitrogens is 2. The molecule has 4 N–H and O–H groups in total. The lowest BCUT2D eigenvalue weighted by molar-refractivity contribution is -0.116. The van der Waals surface area contributed by atoms with Crippen LogP contribution in [0.5, 0.6) is 0 Å². The van der Waals surface area contributed by atoms with Gasteiger partial charge in [0.25, 0.3) is 0 Å². The van der Waals surface area contributed by atoms with Gasteiger partial charge in [-0.05, 0) is 48.7 Å². The van der Waals surface area contributed by atoms with Gasteiger partial charge in [0.2, 0.25) is 11.0 Å². The monoisotopic (exact) mass is 626 g/mol. The lowest BCUT2D eigenvalue weighted by Crippen LogP contribution is -2.38. The van der Waals surface area contributed by atoms with E-state index in [0.29, 0.717) is 50.7 Å². The summed E-state index contributed by atoms with van der Waals surface area (Å²) in [7, 11) is 0. The van der Waals surface area contributed by atoms with E-state index in [0.717, 1.165) is 17.3 Å². The van der Waals surface area contributed by atoms with E-state index in [1.54, 1.807) is 29.2 Å². The standard InChI is InChI=1S/C27H20Cl2N6O4S2/c28-14-6-4-13(5-7-14)22-17(11-30)24(31)35(19-2-1-3-20(36)23(19)22)26-33-34-27(41-26)40-12-21(37)32-15-8-9-18(29)16(10-15)25(38)39/h4-10,22H,1-3,12,31H2,(H,32,37)(H,38,39). The summed E-state index contributed by atoms with van der Waals surface area (Å²) in [5.41, 5.74) is 8.90. The summed E-state index contributed by atoms with van der Waals surface area (Å²) >= 11 is 14.3. The van der Waals surface area contributed by atoms with Crippen LogP contribution >= 0.6 is 46.3 Å². The van der Waals surface area contributed by atoms with Crippen molar-refractivity contribution in [2.75, 3.05) is 16.0 Å². The SMILES string of the molecule is N#CC1=C(N)N(c2nnc(SCC(=O)Nc3ccc(Cl)c(C(=O)O)c3)s2)C2=C(C(=O)CCC2)C1c1ccc(Cl)cc1. The molecule has 1 amide bonds. The maximum atomic E-state index is 13.2. The number of carbonyl (C=O) groups is 3. The number of allylic oxidation sites excluding steroid dienone is 3. The molecule has 1 aliphatic heterocycles. The van der Waals surface area contributed by atoms with E-state index in [1.807, 2.05) is 0 Å². The molecule has 0 saturated carbocycles. The molecule has 41 heavy (non-hydrogen) atoms. The molecule has 5 rings (SSSR count). The van der Waals surface area contributed by atoms with Gasteiger partial charge in [-0.25, -0.2) is 4.79 Å². The number of anilines is 2. The van der Waals surface area contributed by atoms with Crippen molar-refractivity contribution >= 4 is 74.8 Å². The van der Waals surface area contributed by atoms with Crippen molar-refractivity contribution in [3.63, 3.8) is 0 Å². The number of carbonyl (C=O) groups excluding carboxylic acids is 2. The Morgan fingerprint density at radius 2 is 1.95 bits per heavy atom. The minimum Gasteiger partial charge on any atom is -0.478 e. The number of carboxylic acid groups (broad SMARTS) is 1. The van der Waals surface area contributed by atoms with Crippen LogP contribution in [0.2, 0.25) is 10.0 Å². The Morgan fingerprint density at radius 3 is 2.66 bits per heavy atom. The number of Topliss-reactive ketones (excluding diaryl/α,β-unsaturated/α-hetero) is 1. The lowest BCUT2D eigenvalue weighted by atomic mass is 9.76.